The highest BCUT2D eigenvalue weighted by molar-refractivity contribution is 5.57. The number of hydrogen-bond donors (Lipinski definition) is 1. The highest BCUT2D eigenvalue weighted by atomic mass is 16.3. The molecule has 1 fully saturated rings. The monoisotopic (exact) mass is 302 g/mol. The van der Waals surface area contributed by atoms with E-state index in [-0.39, 0.29) is 6.10 Å². The third-order valence-electron chi connectivity index (χ3n) is 5.25. The Bertz CT molecular complexity index is 482. The van der Waals surface area contributed by atoms with Crippen molar-refractivity contribution < 1.29 is 5.11 Å². The molecule has 3 heteroatoms. The number of aliphatic hydroxyl groups is 1. The van der Waals surface area contributed by atoms with E-state index >= 15 is 0 Å². The number of benzene rings is 1. The predicted molar refractivity (Wildman–Crippen MR) is 92.5 cm³/mol. The average Bonchev–Trinajstić information content (AvgIpc) is 2.59. The molecule has 1 saturated heterocycles. The van der Waals surface area contributed by atoms with Crippen molar-refractivity contribution in [3.05, 3.63) is 29.3 Å². The minimum Gasteiger partial charge on any atom is -0.388 e. The van der Waals surface area contributed by atoms with Crippen molar-refractivity contribution in [3.63, 3.8) is 0 Å². The normalized spacial score (nSPS) is 20.7. The molecule has 22 heavy (non-hydrogen) atoms. The van der Waals surface area contributed by atoms with E-state index in [1.165, 1.54) is 56.6 Å². The molecule has 2 aliphatic heterocycles. The molecule has 3 rings (SSSR count). The van der Waals surface area contributed by atoms with Crippen LogP contribution in [0.1, 0.15) is 56.3 Å². The van der Waals surface area contributed by atoms with Crippen molar-refractivity contribution in [2.45, 2.75) is 51.6 Å². The number of aryl methyl sites for hydroxylation is 1. The lowest BCUT2D eigenvalue weighted by molar-refractivity contribution is 0.134. The molecule has 3 nitrogen and oxygen atoms in total. The number of anilines is 1. The van der Waals surface area contributed by atoms with Gasteiger partial charge < -0.3 is 14.9 Å². The lowest BCUT2D eigenvalue weighted by Gasteiger charge is -2.31. The number of fused-ring (bicyclic) bond motifs is 1. The number of rotatable bonds is 5. The van der Waals surface area contributed by atoms with Crippen molar-refractivity contribution >= 4 is 5.69 Å². The van der Waals surface area contributed by atoms with Crippen LogP contribution in [0.5, 0.6) is 0 Å². The largest absolute Gasteiger partial charge is 0.388 e. The minimum atomic E-state index is -0.316. The summed E-state index contributed by atoms with van der Waals surface area (Å²) in [6.07, 6.45) is 6.94. The molecule has 0 saturated carbocycles. The quantitative estimate of drug-likeness (QED) is 0.903. The fraction of sp³-hybridized carbons (Fsp3) is 0.684. The van der Waals surface area contributed by atoms with E-state index in [0.29, 0.717) is 0 Å². The van der Waals surface area contributed by atoms with Gasteiger partial charge in [-0.3, -0.25) is 0 Å². The second-order valence-electron chi connectivity index (χ2n) is 6.78. The zero-order valence-electron chi connectivity index (χ0n) is 13.9. The van der Waals surface area contributed by atoms with E-state index in [4.69, 9.17) is 0 Å². The molecule has 1 aromatic rings. The van der Waals surface area contributed by atoms with Gasteiger partial charge in [0, 0.05) is 25.3 Å². The number of aliphatic hydroxyl groups excluding tert-OH is 1. The Hall–Kier alpha value is -1.06. The van der Waals surface area contributed by atoms with Gasteiger partial charge in [0.25, 0.3) is 0 Å². The molecule has 122 valence electrons. The molecule has 0 aromatic heterocycles. The topological polar surface area (TPSA) is 26.7 Å². The fourth-order valence-electron chi connectivity index (χ4n) is 3.89. The fourth-order valence-corrected chi connectivity index (χ4v) is 3.89. The van der Waals surface area contributed by atoms with E-state index in [2.05, 4.69) is 34.9 Å². The maximum Gasteiger partial charge on any atom is 0.0802 e. The van der Waals surface area contributed by atoms with E-state index in [1.54, 1.807) is 0 Å². The summed E-state index contributed by atoms with van der Waals surface area (Å²) in [6, 6.07) is 6.60. The summed E-state index contributed by atoms with van der Waals surface area (Å²) in [6.45, 7) is 7.91. The van der Waals surface area contributed by atoms with Gasteiger partial charge in [-0.15, -0.1) is 0 Å². The Balaban J connectivity index is 1.61. The van der Waals surface area contributed by atoms with Crippen molar-refractivity contribution in [1.82, 2.24) is 4.90 Å². The smallest absolute Gasteiger partial charge is 0.0802 e. The molecule has 1 N–H and O–H groups in total. The first kappa shape index (κ1) is 15.8. The van der Waals surface area contributed by atoms with Crippen LogP contribution in [0.25, 0.3) is 0 Å². The summed E-state index contributed by atoms with van der Waals surface area (Å²) in [5, 5.41) is 10.5. The Kier molecular flexibility index (Phi) is 5.37. The maximum absolute atomic E-state index is 10.5. The van der Waals surface area contributed by atoms with E-state index in [0.717, 1.165) is 31.5 Å². The number of nitrogens with zero attached hydrogens (tertiary/aromatic N) is 2. The van der Waals surface area contributed by atoms with Crippen molar-refractivity contribution in [2.75, 3.05) is 37.6 Å². The highest BCUT2D eigenvalue weighted by Gasteiger charge is 2.18. The third kappa shape index (κ3) is 3.64. The first-order valence-corrected chi connectivity index (χ1v) is 9.06. The maximum atomic E-state index is 10.5. The molecular formula is C19H30N2O. The molecule has 1 unspecified atom stereocenters. The molecule has 0 bridgehead atoms. The molecule has 1 aromatic carbocycles. The molecule has 2 heterocycles. The minimum absolute atomic E-state index is 0.316. The zero-order valence-corrected chi connectivity index (χ0v) is 13.9. The molecule has 0 spiro atoms. The third-order valence-corrected chi connectivity index (χ3v) is 5.25. The van der Waals surface area contributed by atoms with Crippen LogP contribution in [0, 0.1) is 0 Å². The molecule has 0 radical (unpaired) electrons. The van der Waals surface area contributed by atoms with Crippen LogP contribution in [-0.4, -0.2) is 42.7 Å². The predicted octanol–water partition coefficient (Wildman–Crippen LogP) is 3.37. The lowest BCUT2D eigenvalue weighted by Crippen LogP contribution is -2.31. The lowest BCUT2D eigenvalue weighted by atomic mass is 9.96. The first-order chi connectivity index (χ1) is 10.8. The summed E-state index contributed by atoms with van der Waals surface area (Å²) in [4.78, 5) is 4.95. The summed E-state index contributed by atoms with van der Waals surface area (Å²) < 4.78 is 0. The SMILES string of the molecule is CCN1CCCc2cc(C(O)CCN3CCCCC3)ccc21. The zero-order chi connectivity index (χ0) is 15.4. The second kappa shape index (κ2) is 7.47. The van der Waals surface area contributed by atoms with Gasteiger partial charge in [0.2, 0.25) is 0 Å². The van der Waals surface area contributed by atoms with Crippen LogP contribution in [0.2, 0.25) is 0 Å². The Morgan fingerprint density at radius 1 is 1.09 bits per heavy atom. The highest BCUT2D eigenvalue weighted by Crippen LogP contribution is 2.30. The standard InChI is InChI=1S/C19H30N2O/c1-2-21-13-6-7-16-15-17(8-9-18(16)21)19(22)10-14-20-11-4-3-5-12-20/h8-9,15,19,22H,2-7,10-14H2,1H3. The molecule has 0 amide bonds. The van der Waals surface area contributed by atoms with Gasteiger partial charge in [0.15, 0.2) is 0 Å². The summed E-state index contributed by atoms with van der Waals surface area (Å²) in [5.41, 5.74) is 3.90. The summed E-state index contributed by atoms with van der Waals surface area (Å²) in [7, 11) is 0. The summed E-state index contributed by atoms with van der Waals surface area (Å²) >= 11 is 0. The number of likely N-dealkylation sites (tertiary alicyclic amines) is 1. The van der Waals surface area contributed by atoms with Gasteiger partial charge in [-0.05, 0) is 69.3 Å². The number of hydrogen-bond acceptors (Lipinski definition) is 3. The molecule has 2 aliphatic rings. The van der Waals surface area contributed by atoms with Gasteiger partial charge in [-0.25, -0.2) is 0 Å². The van der Waals surface area contributed by atoms with Crippen LogP contribution in [0.15, 0.2) is 18.2 Å². The van der Waals surface area contributed by atoms with Gasteiger partial charge in [0.05, 0.1) is 6.10 Å². The number of piperidine rings is 1. The van der Waals surface area contributed by atoms with E-state index < -0.39 is 0 Å². The van der Waals surface area contributed by atoms with Gasteiger partial charge >= 0.3 is 0 Å². The molecule has 0 aliphatic carbocycles. The molecular weight excluding hydrogens is 272 g/mol. The van der Waals surface area contributed by atoms with Crippen LogP contribution in [0.4, 0.5) is 5.69 Å². The Morgan fingerprint density at radius 2 is 1.91 bits per heavy atom. The van der Waals surface area contributed by atoms with E-state index in [9.17, 15) is 5.11 Å². The van der Waals surface area contributed by atoms with Crippen molar-refractivity contribution in [3.8, 4) is 0 Å². The Morgan fingerprint density at radius 3 is 2.68 bits per heavy atom. The average molecular weight is 302 g/mol. The van der Waals surface area contributed by atoms with Gasteiger partial charge in [-0.1, -0.05) is 18.6 Å². The van der Waals surface area contributed by atoms with Gasteiger partial charge in [-0.2, -0.15) is 0 Å². The van der Waals surface area contributed by atoms with Crippen LogP contribution < -0.4 is 4.90 Å². The van der Waals surface area contributed by atoms with Crippen LogP contribution >= 0.6 is 0 Å². The Labute approximate surface area is 134 Å². The first-order valence-electron chi connectivity index (χ1n) is 9.06. The molecule has 1 atom stereocenters. The van der Waals surface area contributed by atoms with Crippen molar-refractivity contribution in [1.29, 1.82) is 0 Å². The van der Waals surface area contributed by atoms with Crippen LogP contribution in [-0.2, 0) is 6.42 Å². The summed E-state index contributed by atoms with van der Waals surface area (Å²) in [5.74, 6) is 0. The van der Waals surface area contributed by atoms with Crippen LogP contribution in [0.3, 0.4) is 0 Å². The second-order valence-corrected chi connectivity index (χ2v) is 6.78. The van der Waals surface area contributed by atoms with E-state index in [1.807, 2.05) is 0 Å². The van der Waals surface area contributed by atoms with Crippen molar-refractivity contribution in [2.24, 2.45) is 0 Å². The van der Waals surface area contributed by atoms with Gasteiger partial charge in [0.1, 0.15) is 0 Å².